The van der Waals surface area contributed by atoms with Crippen molar-refractivity contribution < 1.29 is 4.92 Å². The van der Waals surface area contributed by atoms with Gasteiger partial charge in [0.1, 0.15) is 5.69 Å². The lowest BCUT2D eigenvalue weighted by atomic mass is 10.2. The molecule has 1 aromatic carbocycles. The number of aromatic amines is 1. The summed E-state index contributed by atoms with van der Waals surface area (Å²) < 4.78 is 0. The third kappa shape index (κ3) is 2.63. The van der Waals surface area contributed by atoms with Crippen molar-refractivity contribution >= 4 is 11.4 Å². The minimum atomic E-state index is -0.378. The van der Waals surface area contributed by atoms with E-state index in [1.54, 1.807) is 12.1 Å². The minimum absolute atomic E-state index is 0.0992. The number of nitrogens with one attached hydrogen (secondary N) is 2. The zero-order valence-corrected chi connectivity index (χ0v) is 9.43. The molecule has 0 amide bonds. The Morgan fingerprint density at radius 2 is 2.24 bits per heavy atom. The molecule has 0 fully saturated rings. The zero-order valence-electron chi connectivity index (χ0n) is 9.43. The molecule has 0 unspecified atom stereocenters. The standard InChI is InChI=1S/C12H13N3O2/c1-9-4-5-12(15(16)17)11(7-9)14-8-10-3-2-6-13-10/h2-7,13-14H,8H2,1H3. The summed E-state index contributed by atoms with van der Waals surface area (Å²) in [6.45, 7) is 2.45. The Balaban J connectivity index is 2.19. The van der Waals surface area contributed by atoms with Gasteiger partial charge in [-0.3, -0.25) is 10.1 Å². The quantitative estimate of drug-likeness (QED) is 0.627. The topological polar surface area (TPSA) is 71.0 Å². The van der Waals surface area contributed by atoms with Crippen LogP contribution in [-0.4, -0.2) is 9.91 Å². The Morgan fingerprint density at radius 1 is 1.41 bits per heavy atom. The summed E-state index contributed by atoms with van der Waals surface area (Å²) in [5, 5.41) is 13.9. The molecule has 0 atom stereocenters. The maximum Gasteiger partial charge on any atom is 0.292 e. The smallest absolute Gasteiger partial charge is 0.292 e. The highest BCUT2D eigenvalue weighted by molar-refractivity contribution is 5.62. The summed E-state index contributed by atoms with van der Waals surface area (Å²) in [6, 6.07) is 8.85. The third-order valence-corrected chi connectivity index (χ3v) is 2.48. The highest BCUT2D eigenvalue weighted by atomic mass is 16.6. The van der Waals surface area contributed by atoms with Crippen molar-refractivity contribution in [2.24, 2.45) is 0 Å². The predicted molar refractivity (Wildman–Crippen MR) is 66.0 cm³/mol. The number of hydrogen-bond donors (Lipinski definition) is 2. The third-order valence-electron chi connectivity index (χ3n) is 2.48. The first kappa shape index (κ1) is 11.2. The van der Waals surface area contributed by atoms with Crippen LogP contribution in [0.3, 0.4) is 0 Å². The Morgan fingerprint density at radius 3 is 2.88 bits per heavy atom. The molecule has 2 N–H and O–H groups in total. The lowest BCUT2D eigenvalue weighted by Gasteiger charge is -2.06. The maximum absolute atomic E-state index is 10.9. The van der Waals surface area contributed by atoms with Gasteiger partial charge < -0.3 is 10.3 Å². The zero-order chi connectivity index (χ0) is 12.3. The largest absolute Gasteiger partial charge is 0.374 e. The van der Waals surface area contributed by atoms with Crippen LogP contribution >= 0.6 is 0 Å². The highest BCUT2D eigenvalue weighted by Crippen LogP contribution is 2.25. The highest BCUT2D eigenvalue weighted by Gasteiger charge is 2.12. The van der Waals surface area contributed by atoms with Crippen LogP contribution < -0.4 is 5.32 Å². The first-order chi connectivity index (χ1) is 8.16. The average molecular weight is 231 g/mol. The van der Waals surface area contributed by atoms with E-state index >= 15 is 0 Å². The fourth-order valence-electron chi connectivity index (χ4n) is 1.62. The van der Waals surface area contributed by atoms with Crippen LogP contribution in [0.15, 0.2) is 36.5 Å². The Hall–Kier alpha value is -2.30. The average Bonchev–Trinajstić information content (AvgIpc) is 2.78. The maximum atomic E-state index is 10.9. The second kappa shape index (κ2) is 4.69. The number of aryl methyl sites for hydroxylation is 1. The number of rotatable bonds is 4. The summed E-state index contributed by atoms with van der Waals surface area (Å²) in [5.41, 5.74) is 2.62. The van der Waals surface area contributed by atoms with Crippen molar-refractivity contribution in [1.82, 2.24) is 4.98 Å². The fourth-order valence-corrected chi connectivity index (χ4v) is 1.62. The van der Waals surface area contributed by atoms with E-state index in [1.165, 1.54) is 6.07 Å². The molecule has 1 aromatic heterocycles. The molecule has 88 valence electrons. The van der Waals surface area contributed by atoms with Crippen LogP contribution in [0.4, 0.5) is 11.4 Å². The van der Waals surface area contributed by atoms with Crippen molar-refractivity contribution in [3.8, 4) is 0 Å². The molecule has 5 heteroatoms. The van der Waals surface area contributed by atoms with Gasteiger partial charge in [0.2, 0.25) is 0 Å². The van der Waals surface area contributed by atoms with Gasteiger partial charge in [-0.1, -0.05) is 6.07 Å². The molecule has 0 saturated heterocycles. The van der Waals surface area contributed by atoms with E-state index in [9.17, 15) is 10.1 Å². The molecule has 2 rings (SSSR count). The van der Waals surface area contributed by atoms with Crippen molar-refractivity contribution in [3.63, 3.8) is 0 Å². The molecular formula is C12H13N3O2. The van der Waals surface area contributed by atoms with E-state index in [0.717, 1.165) is 11.3 Å². The van der Waals surface area contributed by atoms with Gasteiger partial charge in [0.05, 0.1) is 11.5 Å². The molecule has 0 aliphatic rings. The van der Waals surface area contributed by atoms with E-state index in [2.05, 4.69) is 10.3 Å². The van der Waals surface area contributed by atoms with Gasteiger partial charge in [0.25, 0.3) is 5.69 Å². The van der Waals surface area contributed by atoms with Gasteiger partial charge in [-0.25, -0.2) is 0 Å². The van der Waals surface area contributed by atoms with Gasteiger partial charge >= 0.3 is 0 Å². The molecule has 2 aromatic rings. The number of anilines is 1. The predicted octanol–water partition coefficient (Wildman–Crippen LogP) is 2.84. The number of nitro benzene ring substituents is 1. The summed E-state index contributed by atoms with van der Waals surface area (Å²) in [5.74, 6) is 0. The van der Waals surface area contributed by atoms with Crippen LogP contribution in [0, 0.1) is 17.0 Å². The molecule has 0 aliphatic heterocycles. The number of benzene rings is 1. The van der Waals surface area contributed by atoms with E-state index in [4.69, 9.17) is 0 Å². The Kier molecular flexibility index (Phi) is 3.09. The lowest BCUT2D eigenvalue weighted by molar-refractivity contribution is -0.384. The van der Waals surface area contributed by atoms with Crippen LogP contribution in [0.25, 0.3) is 0 Å². The summed E-state index contributed by atoms with van der Waals surface area (Å²) in [7, 11) is 0. The second-order valence-electron chi connectivity index (χ2n) is 3.83. The molecule has 0 saturated carbocycles. The second-order valence-corrected chi connectivity index (χ2v) is 3.83. The Bertz CT molecular complexity index is 521. The van der Waals surface area contributed by atoms with Gasteiger partial charge in [0, 0.05) is 18.0 Å². The van der Waals surface area contributed by atoms with Gasteiger partial charge in [-0.05, 0) is 30.7 Å². The van der Waals surface area contributed by atoms with Crippen molar-refractivity contribution in [2.45, 2.75) is 13.5 Å². The van der Waals surface area contributed by atoms with Crippen molar-refractivity contribution in [1.29, 1.82) is 0 Å². The van der Waals surface area contributed by atoms with Crippen LogP contribution in [0.1, 0.15) is 11.3 Å². The normalized spacial score (nSPS) is 10.2. The SMILES string of the molecule is Cc1ccc([N+](=O)[O-])c(NCc2ccc[nH]2)c1. The molecule has 0 bridgehead atoms. The van der Waals surface area contributed by atoms with Crippen molar-refractivity contribution in [3.05, 3.63) is 57.9 Å². The molecular weight excluding hydrogens is 218 g/mol. The summed E-state index contributed by atoms with van der Waals surface area (Å²) in [4.78, 5) is 13.5. The van der Waals surface area contributed by atoms with Gasteiger partial charge in [-0.15, -0.1) is 0 Å². The number of aromatic nitrogens is 1. The van der Waals surface area contributed by atoms with Crippen LogP contribution in [0.5, 0.6) is 0 Å². The van der Waals surface area contributed by atoms with Crippen LogP contribution in [0.2, 0.25) is 0 Å². The molecule has 0 spiro atoms. The molecule has 5 nitrogen and oxygen atoms in total. The summed E-state index contributed by atoms with van der Waals surface area (Å²) >= 11 is 0. The van der Waals surface area contributed by atoms with Crippen molar-refractivity contribution in [2.75, 3.05) is 5.32 Å². The van der Waals surface area contributed by atoms with Crippen LogP contribution in [-0.2, 0) is 6.54 Å². The molecule has 1 heterocycles. The van der Waals surface area contributed by atoms with E-state index in [-0.39, 0.29) is 10.6 Å². The summed E-state index contributed by atoms with van der Waals surface area (Å²) in [6.07, 6.45) is 1.82. The molecule has 17 heavy (non-hydrogen) atoms. The van der Waals surface area contributed by atoms with Gasteiger partial charge in [-0.2, -0.15) is 0 Å². The monoisotopic (exact) mass is 231 g/mol. The van der Waals surface area contributed by atoms with Gasteiger partial charge in [0.15, 0.2) is 0 Å². The molecule has 0 aliphatic carbocycles. The van der Waals surface area contributed by atoms with E-state index in [0.29, 0.717) is 12.2 Å². The Labute approximate surface area is 98.6 Å². The minimum Gasteiger partial charge on any atom is -0.374 e. The molecule has 0 radical (unpaired) electrons. The first-order valence-electron chi connectivity index (χ1n) is 5.28. The number of nitrogens with zero attached hydrogens (tertiary/aromatic N) is 1. The first-order valence-corrected chi connectivity index (χ1v) is 5.28. The van der Waals surface area contributed by atoms with E-state index in [1.807, 2.05) is 25.3 Å². The van der Waals surface area contributed by atoms with E-state index < -0.39 is 0 Å². The lowest BCUT2D eigenvalue weighted by Crippen LogP contribution is -2.03. The number of hydrogen-bond acceptors (Lipinski definition) is 3. The number of H-pyrrole nitrogens is 1. The fraction of sp³-hybridized carbons (Fsp3) is 0.167. The number of nitro groups is 1.